The minimum absolute atomic E-state index is 1.09. The van der Waals surface area contributed by atoms with Crippen LogP contribution in [-0.4, -0.2) is 26.8 Å². The van der Waals surface area contributed by atoms with Crippen molar-refractivity contribution in [3.05, 3.63) is 291 Å². The van der Waals surface area contributed by atoms with Gasteiger partial charge in [-0.05, 0) is 110 Å². The van der Waals surface area contributed by atoms with Crippen molar-refractivity contribution in [3.63, 3.8) is 0 Å². The Kier molecular flexibility index (Phi) is 10.2. The molecule has 0 atom stereocenters. The molecule has 0 N–H and O–H groups in total. The maximum atomic E-state index is 4.68. The summed E-state index contributed by atoms with van der Waals surface area (Å²) in [6.07, 6.45) is 3.92. The van der Waals surface area contributed by atoms with Crippen molar-refractivity contribution >= 4 is 94.2 Å². The molecule has 5 heteroatoms. The standard InChI is InChI=1S/C71H48N4Si/c1-6-21-49(22-7-1)50-37-40-57(41-38-50)76(55-28-12-4-13-29-55,56-30-14-5-15-31-56)58-32-20-23-51(45-58)61-47-68-70(71-69(61)59-33-16-19-36-65(59)75(71)53-26-10-3-11-27-53)60-34-17-18-35-64(60)74(68)54-39-42-66-62(46-54)63-48-72-44-43-67(63)73(66)52-24-8-2-9-25-52/h1-48H. The zero-order valence-electron chi connectivity index (χ0n) is 41.5. The van der Waals surface area contributed by atoms with Crippen molar-refractivity contribution in [2.75, 3.05) is 0 Å². The second-order valence-corrected chi connectivity index (χ2v) is 23.7. The average Bonchev–Trinajstić information content (AvgIpc) is 4.29. The van der Waals surface area contributed by atoms with E-state index in [4.69, 9.17) is 0 Å². The molecule has 11 aromatic carbocycles. The van der Waals surface area contributed by atoms with Gasteiger partial charge in [0.05, 0.1) is 33.1 Å². The molecule has 0 aliphatic heterocycles. The number of rotatable bonds is 9. The fraction of sp³-hybridized carbons (Fsp3) is 0. The highest BCUT2D eigenvalue weighted by Crippen LogP contribution is 2.47. The highest BCUT2D eigenvalue weighted by molar-refractivity contribution is 7.20. The Balaban J connectivity index is 1.05. The summed E-state index contributed by atoms with van der Waals surface area (Å²) in [6.45, 7) is 0. The van der Waals surface area contributed by atoms with E-state index in [0.717, 1.165) is 49.9 Å². The van der Waals surface area contributed by atoms with Gasteiger partial charge >= 0.3 is 0 Å². The molecular formula is C71H48N4Si. The van der Waals surface area contributed by atoms with Crippen LogP contribution >= 0.6 is 0 Å². The van der Waals surface area contributed by atoms with Crippen LogP contribution < -0.4 is 20.7 Å². The number of hydrogen-bond acceptors (Lipinski definition) is 1. The second-order valence-electron chi connectivity index (χ2n) is 19.9. The molecule has 0 amide bonds. The van der Waals surface area contributed by atoms with Crippen LogP contribution in [0.25, 0.3) is 105 Å². The fourth-order valence-electron chi connectivity index (χ4n) is 12.6. The lowest BCUT2D eigenvalue weighted by Crippen LogP contribution is -2.74. The first-order valence-corrected chi connectivity index (χ1v) is 28.1. The first kappa shape index (κ1) is 43.7. The lowest BCUT2D eigenvalue weighted by atomic mass is 9.96. The lowest BCUT2D eigenvalue weighted by Gasteiger charge is -2.35. The molecule has 76 heavy (non-hydrogen) atoms. The normalized spacial score (nSPS) is 11.9. The van der Waals surface area contributed by atoms with Gasteiger partial charge in [0.15, 0.2) is 8.07 Å². The molecule has 4 heterocycles. The van der Waals surface area contributed by atoms with Crippen LogP contribution in [0, 0.1) is 0 Å². The van der Waals surface area contributed by atoms with Gasteiger partial charge in [0, 0.05) is 61.8 Å². The van der Waals surface area contributed by atoms with Crippen molar-refractivity contribution in [1.29, 1.82) is 0 Å². The minimum Gasteiger partial charge on any atom is -0.309 e. The number of aromatic nitrogens is 4. The Hall–Kier alpha value is -9.81. The summed E-state index contributed by atoms with van der Waals surface area (Å²) in [5.41, 5.74) is 15.1. The van der Waals surface area contributed by atoms with Crippen LogP contribution in [0.1, 0.15) is 0 Å². The van der Waals surface area contributed by atoms with Gasteiger partial charge in [0.2, 0.25) is 0 Å². The van der Waals surface area contributed by atoms with Crippen LogP contribution in [-0.2, 0) is 0 Å². The van der Waals surface area contributed by atoms with Crippen molar-refractivity contribution in [2.24, 2.45) is 0 Å². The molecule has 0 radical (unpaired) electrons. The summed E-state index contributed by atoms with van der Waals surface area (Å²) in [5.74, 6) is 0. The van der Waals surface area contributed by atoms with Gasteiger partial charge in [-0.15, -0.1) is 0 Å². The largest absolute Gasteiger partial charge is 0.309 e. The summed E-state index contributed by atoms with van der Waals surface area (Å²) < 4.78 is 7.38. The number of benzene rings is 11. The Morgan fingerprint density at radius 2 is 0.763 bits per heavy atom. The molecule has 4 aromatic heterocycles. The SMILES string of the molecule is c1ccc(-c2ccc([Si](c3ccccc3)(c3ccccc3)c3cccc(-c4cc5c(c6ccccc6n5-c5ccc6c(c5)c5cnccc5n6-c5ccccc5)c5c4c4ccccc4n5-c4ccccc4)c3)cc2)cc1. The molecule has 0 aliphatic carbocycles. The van der Waals surface area contributed by atoms with E-state index in [-0.39, 0.29) is 0 Å². The van der Waals surface area contributed by atoms with Gasteiger partial charge in [-0.2, -0.15) is 0 Å². The summed E-state index contributed by atoms with van der Waals surface area (Å²) in [5, 5.41) is 12.5. The van der Waals surface area contributed by atoms with Crippen molar-refractivity contribution < 1.29 is 0 Å². The molecule has 0 saturated heterocycles. The molecule has 15 rings (SSSR count). The minimum atomic E-state index is -2.99. The Labute approximate surface area is 441 Å². The molecule has 0 spiro atoms. The number of hydrogen-bond donors (Lipinski definition) is 0. The van der Waals surface area contributed by atoms with Crippen LogP contribution in [0.4, 0.5) is 0 Å². The van der Waals surface area contributed by atoms with Crippen LogP contribution in [0.5, 0.6) is 0 Å². The van der Waals surface area contributed by atoms with E-state index in [0.29, 0.717) is 0 Å². The maximum absolute atomic E-state index is 4.68. The number of fused-ring (bicyclic) bond motifs is 10. The summed E-state index contributed by atoms with van der Waals surface area (Å²) in [7, 11) is -2.99. The average molecular weight is 985 g/mol. The van der Waals surface area contributed by atoms with E-state index < -0.39 is 8.07 Å². The molecule has 0 fully saturated rings. The number of pyridine rings is 1. The van der Waals surface area contributed by atoms with E-state index >= 15 is 0 Å². The van der Waals surface area contributed by atoms with E-state index in [9.17, 15) is 0 Å². The van der Waals surface area contributed by atoms with E-state index in [1.165, 1.54) is 75.6 Å². The Morgan fingerprint density at radius 1 is 0.276 bits per heavy atom. The Bertz CT molecular complexity index is 4620. The third-order valence-corrected chi connectivity index (χ3v) is 20.6. The van der Waals surface area contributed by atoms with E-state index in [2.05, 4.69) is 298 Å². The van der Waals surface area contributed by atoms with Crippen LogP contribution in [0.3, 0.4) is 0 Å². The smallest absolute Gasteiger partial charge is 0.179 e. The summed E-state index contributed by atoms with van der Waals surface area (Å²) >= 11 is 0. The topological polar surface area (TPSA) is 27.7 Å². The van der Waals surface area contributed by atoms with Crippen molar-refractivity contribution in [2.45, 2.75) is 0 Å². The highest BCUT2D eigenvalue weighted by atomic mass is 28.3. The first-order valence-electron chi connectivity index (χ1n) is 26.1. The second kappa shape index (κ2) is 17.7. The van der Waals surface area contributed by atoms with Crippen molar-refractivity contribution in [3.8, 4) is 39.3 Å². The van der Waals surface area contributed by atoms with Gasteiger partial charge in [-0.3, -0.25) is 4.98 Å². The maximum Gasteiger partial charge on any atom is 0.179 e. The number of nitrogens with zero attached hydrogens (tertiary/aromatic N) is 4. The highest BCUT2D eigenvalue weighted by Gasteiger charge is 2.42. The van der Waals surface area contributed by atoms with Crippen molar-refractivity contribution in [1.82, 2.24) is 18.7 Å². The van der Waals surface area contributed by atoms with Gasteiger partial charge < -0.3 is 13.7 Å². The van der Waals surface area contributed by atoms with Gasteiger partial charge in [-0.1, -0.05) is 212 Å². The quantitative estimate of drug-likeness (QED) is 0.105. The van der Waals surface area contributed by atoms with E-state index in [1.54, 1.807) is 0 Å². The van der Waals surface area contributed by atoms with Crippen LogP contribution in [0.2, 0.25) is 0 Å². The predicted molar refractivity (Wildman–Crippen MR) is 322 cm³/mol. The fourth-order valence-corrected chi connectivity index (χ4v) is 17.4. The first-order chi connectivity index (χ1) is 37.7. The zero-order valence-corrected chi connectivity index (χ0v) is 42.5. The monoisotopic (exact) mass is 984 g/mol. The summed E-state index contributed by atoms with van der Waals surface area (Å²) in [4.78, 5) is 4.68. The molecule has 356 valence electrons. The Morgan fingerprint density at radius 3 is 1.43 bits per heavy atom. The zero-order chi connectivity index (χ0) is 50.2. The molecule has 0 bridgehead atoms. The number of para-hydroxylation sites is 4. The molecule has 0 unspecified atom stereocenters. The van der Waals surface area contributed by atoms with Gasteiger partial charge in [0.1, 0.15) is 0 Å². The van der Waals surface area contributed by atoms with Gasteiger partial charge in [-0.25, -0.2) is 0 Å². The molecular weight excluding hydrogens is 937 g/mol. The molecule has 0 saturated carbocycles. The lowest BCUT2D eigenvalue weighted by molar-refractivity contribution is 1.16. The molecule has 15 aromatic rings. The molecule has 4 nitrogen and oxygen atoms in total. The van der Waals surface area contributed by atoms with E-state index in [1.807, 2.05) is 12.4 Å². The third kappa shape index (κ3) is 6.66. The van der Waals surface area contributed by atoms with Crippen LogP contribution in [0.15, 0.2) is 291 Å². The predicted octanol–water partition coefficient (Wildman–Crippen LogP) is 15.1. The summed E-state index contributed by atoms with van der Waals surface area (Å²) in [6, 6.07) is 104. The van der Waals surface area contributed by atoms with Gasteiger partial charge in [0.25, 0.3) is 0 Å². The molecule has 0 aliphatic rings. The third-order valence-electron chi connectivity index (χ3n) is 15.9.